The Morgan fingerprint density at radius 2 is 1.55 bits per heavy atom. The van der Waals surface area contributed by atoms with Gasteiger partial charge in [-0.05, 0) is 62.1 Å². The molecule has 2 aromatic rings. The molecule has 2 saturated heterocycles. The average molecular weight is 293 g/mol. The molecule has 0 radical (unpaired) electrons. The lowest BCUT2D eigenvalue weighted by Gasteiger charge is -2.34. The second-order valence-electron chi connectivity index (χ2n) is 6.46. The fraction of sp³-hybridized carbons (Fsp3) is 0.400. The van der Waals surface area contributed by atoms with Crippen molar-refractivity contribution in [3.63, 3.8) is 0 Å². The second kappa shape index (κ2) is 6.13. The van der Waals surface area contributed by atoms with Gasteiger partial charge in [0.05, 0.1) is 0 Å². The van der Waals surface area contributed by atoms with E-state index in [1.807, 2.05) is 30.3 Å². The van der Waals surface area contributed by atoms with Gasteiger partial charge in [0.2, 0.25) is 0 Å². The highest BCUT2D eigenvalue weighted by atomic mass is 16.5. The molecular formula is C20H23NO. The number of para-hydroxylation sites is 1. The van der Waals surface area contributed by atoms with Crippen LogP contribution in [0.3, 0.4) is 0 Å². The van der Waals surface area contributed by atoms with E-state index in [4.69, 9.17) is 4.74 Å². The second-order valence-corrected chi connectivity index (χ2v) is 6.46. The number of piperidine rings is 1. The Morgan fingerprint density at radius 3 is 2.36 bits per heavy atom. The summed E-state index contributed by atoms with van der Waals surface area (Å²) in [6.45, 7) is 1.28. The van der Waals surface area contributed by atoms with E-state index in [-0.39, 0.29) is 0 Å². The zero-order valence-electron chi connectivity index (χ0n) is 12.9. The quantitative estimate of drug-likeness (QED) is 0.774. The van der Waals surface area contributed by atoms with Crippen molar-refractivity contribution in [2.45, 2.75) is 44.2 Å². The molecule has 0 saturated carbocycles. The number of ether oxygens (including phenoxy) is 1. The molecule has 0 aromatic heterocycles. The highest BCUT2D eigenvalue weighted by Crippen LogP contribution is 2.40. The zero-order chi connectivity index (χ0) is 14.8. The first-order valence-electron chi connectivity index (χ1n) is 8.49. The number of hydrogen-bond donors (Lipinski definition) is 0. The Kier molecular flexibility index (Phi) is 3.86. The van der Waals surface area contributed by atoms with Gasteiger partial charge in [0.25, 0.3) is 0 Å². The van der Waals surface area contributed by atoms with Crippen LogP contribution >= 0.6 is 0 Å². The normalized spacial score (nSPS) is 24.9. The van der Waals surface area contributed by atoms with Gasteiger partial charge < -0.3 is 4.74 Å². The maximum atomic E-state index is 5.89. The lowest BCUT2D eigenvalue weighted by molar-refractivity contribution is 0.150. The summed E-state index contributed by atoms with van der Waals surface area (Å²) in [5.41, 5.74) is 1.45. The van der Waals surface area contributed by atoms with Crippen LogP contribution in [-0.2, 0) is 0 Å². The van der Waals surface area contributed by atoms with Gasteiger partial charge in [0, 0.05) is 12.1 Å². The summed E-state index contributed by atoms with van der Waals surface area (Å²) in [5.74, 6) is 1.82. The number of hydrogen-bond acceptors (Lipinski definition) is 2. The van der Waals surface area contributed by atoms with Crippen molar-refractivity contribution in [3.05, 3.63) is 60.2 Å². The van der Waals surface area contributed by atoms with Crippen molar-refractivity contribution in [2.24, 2.45) is 0 Å². The van der Waals surface area contributed by atoms with Gasteiger partial charge in [-0.3, -0.25) is 4.90 Å². The molecule has 0 N–H and O–H groups in total. The molecule has 2 aromatic carbocycles. The van der Waals surface area contributed by atoms with Crippen molar-refractivity contribution in [1.29, 1.82) is 0 Å². The minimum atomic E-state index is 0.621. The summed E-state index contributed by atoms with van der Waals surface area (Å²) in [6, 6.07) is 20.2. The fourth-order valence-electron chi connectivity index (χ4n) is 4.00. The third-order valence-electron chi connectivity index (χ3n) is 5.09. The van der Waals surface area contributed by atoms with Crippen LogP contribution < -0.4 is 4.74 Å². The molecule has 114 valence electrons. The average Bonchev–Trinajstić information content (AvgIpc) is 3.01. The first kappa shape index (κ1) is 13.8. The van der Waals surface area contributed by atoms with Crippen LogP contribution in [0.4, 0.5) is 0 Å². The van der Waals surface area contributed by atoms with E-state index < -0.39 is 0 Å². The van der Waals surface area contributed by atoms with Crippen LogP contribution in [0.15, 0.2) is 54.6 Å². The number of fused-ring (bicyclic) bond motifs is 1. The first-order chi connectivity index (χ1) is 10.9. The number of benzene rings is 2. The largest absolute Gasteiger partial charge is 0.457 e. The predicted molar refractivity (Wildman–Crippen MR) is 89.3 cm³/mol. The molecule has 2 nitrogen and oxygen atoms in total. The smallest absolute Gasteiger partial charge is 0.127 e. The predicted octanol–water partition coefficient (Wildman–Crippen LogP) is 5.17. The van der Waals surface area contributed by atoms with Crippen molar-refractivity contribution < 1.29 is 4.74 Å². The van der Waals surface area contributed by atoms with Crippen molar-refractivity contribution in [2.75, 3.05) is 6.54 Å². The van der Waals surface area contributed by atoms with Gasteiger partial charge in [0.1, 0.15) is 11.5 Å². The molecule has 2 aliphatic heterocycles. The van der Waals surface area contributed by atoms with Crippen molar-refractivity contribution >= 4 is 0 Å². The maximum absolute atomic E-state index is 5.89. The molecule has 0 unspecified atom stereocenters. The van der Waals surface area contributed by atoms with Crippen molar-refractivity contribution in [3.8, 4) is 11.5 Å². The van der Waals surface area contributed by atoms with Gasteiger partial charge in [-0.15, -0.1) is 0 Å². The van der Waals surface area contributed by atoms with Gasteiger partial charge in [-0.2, -0.15) is 0 Å². The Bertz CT molecular complexity index is 607. The van der Waals surface area contributed by atoms with Gasteiger partial charge in [-0.1, -0.05) is 36.8 Å². The molecule has 2 heteroatoms. The lowest BCUT2D eigenvalue weighted by atomic mass is 10.0. The number of nitrogens with zero attached hydrogens (tertiary/aromatic N) is 1. The van der Waals surface area contributed by atoms with Crippen molar-refractivity contribution in [1.82, 2.24) is 4.90 Å². The number of rotatable bonds is 3. The monoisotopic (exact) mass is 293 g/mol. The summed E-state index contributed by atoms with van der Waals surface area (Å²) in [5, 5.41) is 0. The van der Waals surface area contributed by atoms with E-state index in [0.717, 1.165) is 17.5 Å². The molecule has 2 atom stereocenters. The van der Waals surface area contributed by atoms with Crippen LogP contribution in [0, 0.1) is 0 Å². The standard InChI is InChI=1S/C20H23NO/c1-2-7-18(8-3-1)22-19-12-9-16(10-13-19)20-14-11-17-6-4-5-15-21(17)20/h1-3,7-10,12-13,17,20H,4-6,11,14-15H2/t17-,20-/m0/s1. The van der Waals surface area contributed by atoms with E-state index >= 15 is 0 Å². The fourth-order valence-corrected chi connectivity index (χ4v) is 4.00. The van der Waals surface area contributed by atoms with E-state index in [9.17, 15) is 0 Å². The SMILES string of the molecule is c1ccc(Oc2ccc([C@@H]3CC[C@@H]4CCCCN43)cc2)cc1. The van der Waals surface area contributed by atoms with E-state index in [1.165, 1.54) is 44.2 Å². The van der Waals surface area contributed by atoms with E-state index in [0.29, 0.717) is 6.04 Å². The molecular weight excluding hydrogens is 270 g/mol. The lowest BCUT2D eigenvalue weighted by Crippen LogP contribution is -2.35. The van der Waals surface area contributed by atoms with Gasteiger partial charge in [0.15, 0.2) is 0 Å². The van der Waals surface area contributed by atoms with E-state index in [2.05, 4.69) is 29.2 Å². The third-order valence-corrected chi connectivity index (χ3v) is 5.09. The molecule has 0 aliphatic carbocycles. The van der Waals surface area contributed by atoms with Gasteiger partial charge in [-0.25, -0.2) is 0 Å². The third kappa shape index (κ3) is 2.76. The molecule has 2 aliphatic rings. The van der Waals surface area contributed by atoms with Crippen LogP contribution in [0.1, 0.15) is 43.7 Å². The molecule has 0 spiro atoms. The Hall–Kier alpha value is -1.80. The molecule has 4 rings (SSSR count). The minimum Gasteiger partial charge on any atom is -0.457 e. The molecule has 2 heterocycles. The summed E-state index contributed by atoms with van der Waals surface area (Å²) in [4.78, 5) is 2.73. The Morgan fingerprint density at radius 1 is 0.773 bits per heavy atom. The summed E-state index contributed by atoms with van der Waals surface area (Å²) in [7, 11) is 0. The topological polar surface area (TPSA) is 12.5 Å². The molecule has 22 heavy (non-hydrogen) atoms. The molecule has 0 bridgehead atoms. The maximum Gasteiger partial charge on any atom is 0.127 e. The van der Waals surface area contributed by atoms with Gasteiger partial charge >= 0.3 is 0 Å². The summed E-state index contributed by atoms with van der Waals surface area (Å²) < 4.78 is 5.89. The Balaban J connectivity index is 1.48. The van der Waals surface area contributed by atoms with Crippen LogP contribution in [-0.4, -0.2) is 17.5 Å². The van der Waals surface area contributed by atoms with Crippen LogP contribution in [0.5, 0.6) is 11.5 Å². The minimum absolute atomic E-state index is 0.621. The zero-order valence-corrected chi connectivity index (χ0v) is 12.9. The summed E-state index contributed by atoms with van der Waals surface area (Å²) in [6.07, 6.45) is 6.85. The summed E-state index contributed by atoms with van der Waals surface area (Å²) >= 11 is 0. The molecule has 2 fully saturated rings. The highest BCUT2D eigenvalue weighted by Gasteiger charge is 2.35. The van der Waals surface area contributed by atoms with Crippen LogP contribution in [0.25, 0.3) is 0 Å². The highest BCUT2D eigenvalue weighted by molar-refractivity contribution is 5.34. The van der Waals surface area contributed by atoms with E-state index in [1.54, 1.807) is 0 Å². The Labute approximate surface area is 132 Å². The van der Waals surface area contributed by atoms with Crippen LogP contribution in [0.2, 0.25) is 0 Å². The molecule has 0 amide bonds. The first-order valence-corrected chi connectivity index (χ1v) is 8.49.